The summed E-state index contributed by atoms with van der Waals surface area (Å²) in [6.45, 7) is 5.83. The molecule has 1 aliphatic heterocycles. The van der Waals surface area contributed by atoms with Gasteiger partial charge in [0.25, 0.3) is 0 Å². The molecule has 0 bridgehead atoms. The van der Waals surface area contributed by atoms with E-state index in [4.69, 9.17) is 11.6 Å². The van der Waals surface area contributed by atoms with Crippen molar-refractivity contribution < 1.29 is 0 Å². The highest BCUT2D eigenvalue weighted by Gasteiger charge is 2.25. The Morgan fingerprint density at radius 3 is 2.35 bits per heavy atom. The van der Waals surface area contributed by atoms with Crippen LogP contribution < -0.4 is 0 Å². The van der Waals surface area contributed by atoms with E-state index < -0.39 is 0 Å². The average Bonchev–Trinajstić information content (AvgIpc) is 2.51. The maximum Gasteiger partial charge on any atom is 0.0451 e. The van der Waals surface area contributed by atoms with Crippen LogP contribution in [0.4, 0.5) is 0 Å². The number of rotatable bonds is 3. The van der Waals surface area contributed by atoms with Crippen molar-refractivity contribution in [3.05, 3.63) is 34.9 Å². The van der Waals surface area contributed by atoms with Crippen LogP contribution >= 0.6 is 11.6 Å². The van der Waals surface area contributed by atoms with Gasteiger partial charge in [-0.15, -0.1) is 0 Å². The maximum absolute atomic E-state index is 6.26. The van der Waals surface area contributed by atoms with Crippen LogP contribution in [-0.4, -0.2) is 42.0 Å². The van der Waals surface area contributed by atoms with Crippen LogP contribution in [-0.2, 0) is 6.54 Å². The molecule has 1 saturated heterocycles. The molecule has 1 aromatic carbocycles. The molecule has 0 aromatic heterocycles. The van der Waals surface area contributed by atoms with E-state index in [0.29, 0.717) is 0 Å². The van der Waals surface area contributed by atoms with Gasteiger partial charge < -0.3 is 0 Å². The van der Waals surface area contributed by atoms with E-state index in [0.717, 1.165) is 17.6 Å². The zero-order valence-electron chi connectivity index (χ0n) is 12.2. The van der Waals surface area contributed by atoms with Gasteiger partial charge in [-0.25, -0.2) is 0 Å². The Morgan fingerprint density at radius 1 is 0.950 bits per heavy atom. The Labute approximate surface area is 127 Å². The number of hydrogen-bond acceptors (Lipinski definition) is 2. The summed E-state index contributed by atoms with van der Waals surface area (Å²) in [5.41, 5.74) is 1.26. The van der Waals surface area contributed by atoms with Crippen molar-refractivity contribution in [1.29, 1.82) is 0 Å². The van der Waals surface area contributed by atoms with Crippen molar-refractivity contribution in [3.8, 4) is 0 Å². The lowest BCUT2D eigenvalue weighted by atomic mass is 9.94. The molecule has 2 nitrogen and oxygen atoms in total. The van der Waals surface area contributed by atoms with E-state index in [2.05, 4.69) is 21.9 Å². The van der Waals surface area contributed by atoms with Gasteiger partial charge in [-0.2, -0.15) is 0 Å². The molecule has 2 aliphatic rings. The fourth-order valence-electron chi connectivity index (χ4n) is 3.60. The van der Waals surface area contributed by atoms with Gasteiger partial charge in [0.1, 0.15) is 0 Å². The molecule has 0 N–H and O–H groups in total. The predicted octanol–water partition coefficient (Wildman–Crippen LogP) is 3.79. The average molecular weight is 293 g/mol. The Hall–Kier alpha value is -0.570. The van der Waals surface area contributed by atoms with E-state index in [1.54, 1.807) is 0 Å². The normalized spacial score (nSPS) is 23.1. The van der Waals surface area contributed by atoms with Crippen molar-refractivity contribution >= 4 is 11.6 Å². The lowest BCUT2D eigenvalue weighted by molar-refractivity contribution is 0.0755. The topological polar surface area (TPSA) is 6.48 Å². The van der Waals surface area contributed by atoms with E-state index in [9.17, 15) is 0 Å². The van der Waals surface area contributed by atoms with E-state index in [-0.39, 0.29) is 0 Å². The molecule has 0 atom stereocenters. The third-order valence-electron chi connectivity index (χ3n) is 4.85. The molecule has 0 radical (unpaired) electrons. The van der Waals surface area contributed by atoms with Crippen LogP contribution in [0, 0.1) is 0 Å². The molecule has 3 heteroatoms. The van der Waals surface area contributed by atoms with Crippen LogP contribution in [0.15, 0.2) is 24.3 Å². The molecule has 1 heterocycles. The van der Waals surface area contributed by atoms with E-state index >= 15 is 0 Å². The molecule has 0 unspecified atom stereocenters. The highest BCUT2D eigenvalue weighted by molar-refractivity contribution is 6.31. The minimum Gasteiger partial charge on any atom is -0.298 e. The van der Waals surface area contributed by atoms with Crippen molar-refractivity contribution in [1.82, 2.24) is 9.80 Å². The summed E-state index contributed by atoms with van der Waals surface area (Å²) in [4.78, 5) is 5.27. The summed E-state index contributed by atoms with van der Waals surface area (Å²) in [5.74, 6) is 0. The third kappa shape index (κ3) is 3.55. The highest BCUT2D eigenvalue weighted by atomic mass is 35.5. The number of hydrogen-bond donors (Lipinski definition) is 0. The zero-order valence-corrected chi connectivity index (χ0v) is 13.0. The van der Waals surface area contributed by atoms with Gasteiger partial charge in [-0.1, -0.05) is 49.1 Å². The van der Waals surface area contributed by atoms with Gasteiger partial charge >= 0.3 is 0 Å². The van der Waals surface area contributed by atoms with Gasteiger partial charge in [0.2, 0.25) is 0 Å². The van der Waals surface area contributed by atoms with Crippen molar-refractivity contribution in [3.63, 3.8) is 0 Å². The first-order valence-electron chi connectivity index (χ1n) is 8.03. The highest BCUT2D eigenvalue weighted by Crippen LogP contribution is 2.24. The van der Waals surface area contributed by atoms with E-state index in [1.165, 1.54) is 63.8 Å². The first-order valence-corrected chi connectivity index (χ1v) is 8.40. The molecular formula is C17H25ClN2. The summed E-state index contributed by atoms with van der Waals surface area (Å²) >= 11 is 6.26. The fourth-order valence-corrected chi connectivity index (χ4v) is 3.80. The van der Waals surface area contributed by atoms with Crippen LogP contribution in [0.25, 0.3) is 0 Å². The first-order chi connectivity index (χ1) is 9.83. The van der Waals surface area contributed by atoms with Crippen LogP contribution in [0.2, 0.25) is 5.02 Å². The number of benzene rings is 1. The Morgan fingerprint density at radius 2 is 1.65 bits per heavy atom. The molecule has 2 fully saturated rings. The van der Waals surface area contributed by atoms with Gasteiger partial charge in [0.15, 0.2) is 0 Å². The Balaban J connectivity index is 1.50. The molecule has 0 amide bonds. The summed E-state index contributed by atoms with van der Waals surface area (Å²) in [6, 6.07) is 9.10. The molecule has 1 aromatic rings. The summed E-state index contributed by atoms with van der Waals surface area (Å²) in [7, 11) is 0. The summed E-state index contributed by atoms with van der Waals surface area (Å²) < 4.78 is 0. The smallest absolute Gasteiger partial charge is 0.0451 e. The minimum atomic E-state index is 0.867. The van der Waals surface area contributed by atoms with Crippen LogP contribution in [0.1, 0.15) is 37.7 Å². The second-order valence-corrected chi connectivity index (χ2v) is 6.60. The first kappa shape index (κ1) is 14.4. The Kier molecular flexibility index (Phi) is 4.98. The van der Waals surface area contributed by atoms with Gasteiger partial charge in [0, 0.05) is 43.8 Å². The Bertz CT molecular complexity index is 421. The van der Waals surface area contributed by atoms with Crippen molar-refractivity contribution in [2.24, 2.45) is 0 Å². The fraction of sp³-hybridized carbons (Fsp3) is 0.647. The number of piperazine rings is 1. The predicted molar refractivity (Wildman–Crippen MR) is 85.2 cm³/mol. The van der Waals surface area contributed by atoms with Crippen molar-refractivity contribution in [2.45, 2.75) is 44.7 Å². The lowest BCUT2D eigenvalue weighted by Crippen LogP contribution is -2.50. The monoisotopic (exact) mass is 292 g/mol. The second kappa shape index (κ2) is 6.93. The summed E-state index contributed by atoms with van der Waals surface area (Å²) in [6.07, 6.45) is 7.16. The molecule has 0 spiro atoms. The van der Waals surface area contributed by atoms with Gasteiger partial charge in [-0.05, 0) is 24.5 Å². The SMILES string of the molecule is Clc1ccccc1CN1CCN(C2CCCCC2)CC1. The molecule has 1 saturated carbocycles. The standard InChI is InChI=1S/C17H25ClN2/c18-17-9-5-4-6-15(17)14-19-10-12-20(13-11-19)16-7-2-1-3-8-16/h4-6,9,16H,1-3,7-8,10-14H2. The maximum atomic E-state index is 6.26. The van der Waals surface area contributed by atoms with Crippen LogP contribution in [0.3, 0.4) is 0 Å². The molecule has 20 heavy (non-hydrogen) atoms. The minimum absolute atomic E-state index is 0.867. The number of nitrogens with zero attached hydrogens (tertiary/aromatic N) is 2. The van der Waals surface area contributed by atoms with Crippen LogP contribution in [0.5, 0.6) is 0 Å². The van der Waals surface area contributed by atoms with Crippen molar-refractivity contribution in [2.75, 3.05) is 26.2 Å². The largest absolute Gasteiger partial charge is 0.298 e. The molecular weight excluding hydrogens is 268 g/mol. The quantitative estimate of drug-likeness (QED) is 0.836. The number of halogens is 1. The van der Waals surface area contributed by atoms with Gasteiger partial charge in [0.05, 0.1) is 0 Å². The van der Waals surface area contributed by atoms with E-state index in [1.807, 2.05) is 12.1 Å². The third-order valence-corrected chi connectivity index (χ3v) is 5.22. The molecule has 110 valence electrons. The summed E-state index contributed by atoms with van der Waals surface area (Å²) in [5, 5.41) is 0.905. The molecule has 1 aliphatic carbocycles. The van der Waals surface area contributed by atoms with Gasteiger partial charge in [-0.3, -0.25) is 9.80 Å². The second-order valence-electron chi connectivity index (χ2n) is 6.20. The molecule has 3 rings (SSSR count). The lowest BCUT2D eigenvalue weighted by Gasteiger charge is -2.40. The zero-order chi connectivity index (χ0) is 13.8.